The van der Waals surface area contributed by atoms with E-state index in [1.807, 2.05) is 20.8 Å². The van der Waals surface area contributed by atoms with Crippen LogP contribution in [0.25, 0.3) is 0 Å². The number of nitrogens with one attached hydrogen (secondary N) is 2. The molecule has 0 saturated carbocycles. The van der Waals surface area contributed by atoms with E-state index in [4.69, 9.17) is 0 Å². The summed E-state index contributed by atoms with van der Waals surface area (Å²) in [5, 5.41) is 24.4. The van der Waals surface area contributed by atoms with Gasteiger partial charge in [-0.2, -0.15) is 9.78 Å². The Hall–Kier alpha value is -3.24. The van der Waals surface area contributed by atoms with Crippen LogP contribution in [0.3, 0.4) is 0 Å². The minimum absolute atomic E-state index is 0.117. The molecule has 0 aromatic carbocycles. The molecule has 28 heavy (non-hydrogen) atoms. The van der Waals surface area contributed by atoms with Gasteiger partial charge in [0.15, 0.2) is 5.69 Å². The molecule has 152 valence electrons. The number of hydrogen-bond acceptors (Lipinski definition) is 6. The summed E-state index contributed by atoms with van der Waals surface area (Å²) in [6.45, 7) is 10.0. The predicted molar refractivity (Wildman–Crippen MR) is 102 cm³/mol. The van der Waals surface area contributed by atoms with Gasteiger partial charge in [-0.3, -0.25) is 14.3 Å². The maximum absolute atomic E-state index is 12.7. The molecule has 2 aromatic heterocycles. The van der Waals surface area contributed by atoms with Gasteiger partial charge in [0, 0.05) is 19.3 Å². The zero-order valence-corrected chi connectivity index (χ0v) is 16.6. The van der Waals surface area contributed by atoms with E-state index < -0.39 is 16.9 Å². The maximum atomic E-state index is 12.7. The molecule has 11 heteroatoms. The number of aryl methyl sites for hydroxylation is 2. The maximum Gasteiger partial charge on any atom is 0.390 e. The van der Waals surface area contributed by atoms with Crippen LogP contribution in [0.4, 0.5) is 11.5 Å². The molecule has 2 rings (SSSR count). The minimum atomic E-state index is -0.815. The van der Waals surface area contributed by atoms with Gasteiger partial charge in [-0.1, -0.05) is 13.8 Å². The highest BCUT2D eigenvalue weighted by Crippen LogP contribution is 2.20. The summed E-state index contributed by atoms with van der Waals surface area (Å²) in [4.78, 5) is 35.4. The molecule has 0 radical (unpaired) electrons. The summed E-state index contributed by atoms with van der Waals surface area (Å²) >= 11 is 0. The summed E-state index contributed by atoms with van der Waals surface area (Å²) in [7, 11) is 0. The number of aromatic nitrogens is 4. The fraction of sp³-hybridized carbons (Fsp3) is 0.529. The molecular weight excluding hydrogens is 366 g/mol. The van der Waals surface area contributed by atoms with Crippen LogP contribution in [0.5, 0.6) is 0 Å². The van der Waals surface area contributed by atoms with Crippen LogP contribution in [0.2, 0.25) is 0 Å². The fourth-order valence-corrected chi connectivity index (χ4v) is 2.52. The van der Waals surface area contributed by atoms with Gasteiger partial charge in [0.25, 0.3) is 11.8 Å². The van der Waals surface area contributed by atoms with Gasteiger partial charge >= 0.3 is 5.82 Å². The van der Waals surface area contributed by atoms with E-state index in [0.717, 1.165) is 0 Å². The first-order valence-electron chi connectivity index (χ1n) is 9.01. The van der Waals surface area contributed by atoms with E-state index in [2.05, 4.69) is 20.8 Å². The third kappa shape index (κ3) is 4.72. The molecule has 2 aromatic rings. The molecule has 0 aliphatic rings. The number of anilines is 1. The Bertz CT molecular complexity index is 884. The first-order chi connectivity index (χ1) is 13.1. The van der Waals surface area contributed by atoms with Crippen LogP contribution in [-0.4, -0.2) is 42.8 Å². The quantitative estimate of drug-likeness (QED) is 0.521. The van der Waals surface area contributed by atoms with Crippen molar-refractivity contribution < 1.29 is 14.5 Å². The van der Waals surface area contributed by atoms with E-state index in [-0.39, 0.29) is 29.0 Å². The van der Waals surface area contributed by atoms with Crippen molar-refractivity contribution in [3.05, 3.63) is 33.8 Å². The smallest absolute Gasteiger partial charge is 0.358 e. The molecule has 0 fully saturated rings. The van der Waals surface area contributed by atoms with Gasteiger partial charge < -0.3 is 20.7 Å². The van der Waals surface area contributed by atoms with Crippen LogP contribution in [0.15, 0.2) is 12.3 Å². The van der Waals surface area contributed by atoms with Crippen LogP contribution in [-0.2, 0) is 11.3 Å². The highest BCUT2D eigenvalue weighted by molar-refractivity contribution is 6.03. The Kier molecular flexibility index (Phi) is 6.49. The Morgan fingerprint density at radius 3 is 2.50 bits per heavy atom. The van der Waals surface area contributed by atoms with Gasteiger partial charge in [-0.15, -0.1) is 0 Å². The van der Waals surface area contributed by atoms with Crippen molar-refractivity contribution in [2.45, 2.75) is 47.2 Å². The average Bonchev–Trinajstić information content (AvgIpc) is 3.22. The number of hydrogen-bond donors (Lipinski definition) is 2. The number of nitro groups is 1. The number of carbonyl (C=O) groups excluding carboxylic acids is 2. The Balaban J connectivity index is 2.22. The molecule has 0 bridgehead atoms. The Morgan fingerprint density at radius 1 is 1.29 bits per heavy atom. The van der Waals surface area contributed by atoms with Crippen LogP contribution < -0.4 is 10.6 Å². The lowest BCUT2D eigenvalue weighted by Gasteiger charge is -2.12. The second kappa shape index (κ2) is 8.63. The Labute approximate surface area is 162 Å². The topological polar surface area (TPSA) is 137 Å². The lowest BCUT2D eigenvalue weighted by atomic mass is 10.2. The first-order valence-corrected chi connectivity index (χ1v) is 9.01. The molecule has 0 saturated heterocycles. The third-order valence-electron chi connectivity index (χ3n) is 4.07. The molecule has 0 aliphatic carbocycles. The second-order valence-electron chi connectivity index (χ2n) is 6.86. The van der Waals surface area contributed by atoms with Gasteiger partial charge in [0.05, 0.1) is 22.5 Å². The summed E-state index contributed by atoms with van der Waals surface area (Å²) in [6.07, 6.45) is 1.58. The first kappa shape index (κ1) is 21.1. The lowest BCUT2D eigenvalue weighted by molar-refractivity contribution is -0.389. The zero-order chi connectivity index (χ0) is 21.0. The highest BCUT2D eigenvalue weighted by Gasteiger charge is 2.26. The van der Waals surface area contributed by atoms with E-state index in [1.54, 1.807) is 24.7 Å². The van der Waals surface area contributed by atoms with E-state index in [1.165, 1.54) is 10.7 Å². The van der Waals surface area contributed by atoms with Gasteiger partial charge in [-0.05, 0) is 31.6 Å². The average molecular weight is 391 g/mol. The largest absolute Gasteiger partial charge is 0.390 e. The van der Waals surface area contributed by atoms with E-state index in [9.17, 15) is 19.7 Å². The molecule has 2 amide bonds. The summed E-state index contributed by atoms with van der Waals surface area (Å²) in [5.74, 6) is -0.900. The molecule has 0 spiro atoms. The van der Waals surface area contributed by atoms with Crippen LogP contribution >= 0.6 is 0 Å². The lowest BCUT2D eigenvalue weighted by Crippen LogP contribution is -2.30. The van der Waals surface area contributed by atoms with Crippen molar-refractivity contribution in [2.24, 2.45) is 5.92 Å². The predicted octanol–water partition coefficient (Wildman–Crippen LogP) is 1.90. The third-order valence-corrected chi connectivity index (χ3v) is 4.07. The molecule has 1 unspecified atom stereocenters. The van der Waals surface area contributed by atoms with Crippen molar-refractivity contribution in [2.75, 3.05) is 11.9 Å². The van der Waals surface area contributed by atoms with Crippen molar-refractivity contribution in [3.8, 4) is 0 Å². The zero-order valence-electron chi connectivity index (χ0n) is 16.6. The molecule has 0 aliphatic heterocycles. The highest BCUT2D eigenvalue weighted by atomic mass is 16.6. The fourth-order valence-electron chi connectivity index (χ4n) is 2.52. The number of carbonyl (C=O) groups is 2. The number of nitrogens with zero attached hydrogens (tertiary/aromatic N) is 5. The standard InChI is InChI=1S/C17H25N7O4/c1-6-22-9-13(15(21-22)17(26)18-8-10(2)3)19-16(25)12(5)23-11(4)7-14(20-23)24(27)28/h7,9-10,12H,6,8H2,1-5H3,(H,18,26)(H,19,25). The van der Waals surface area contributed by atoms with Crippen molar-refractivity contribution in [3.63, 3.8) is 0 Å². The number of rotatable bonds is 8. The summed E-state index contributed by atoms with van der Waals surface area (Å²) < 4.78 is 2.82. The SMILES string of the molecule is CCn1cc(NC(=O)C(C)n2nc([N+](=O)[O-])cc2C)c(C(=O)NCC(C)C)n1. The normalized spacial score (nSPS) is 12.1. The molecule has 1 atom stereocenters. The number of amides is 2. The van der Waals surface area contributed by atoms with Crippen molar-refractivity contribution in [1.29, 1.82) is 0 Å². The molecule has 11 nitrogen and oxygen atoms in total. The summed E-state index contributed by atoms with van der Waals surface area (Å²) in [6, 6.07) is 0.481. The summed E-state index contributed by atoms with van der Waals surface area (Å²) in [5.41, 5.74) is 0.874. The minimum Gasteiger partial charge on any atom is -0.358 e. The van der Waals surface area contributed by atoms with Gasteiger partial charge in [0.1, 0.15) is 6.04 Å². The van der Waals surface area contributed by atoms with E-state index >= 15 is 0 Å². The van der Waals surface area contributed by atoms with E-state index in [0.29, 0.717) is 18.8 Å². The monoisotopic (exact) mass is 391 g/mol. The van der Waals surface area contributed by atoms with Crippen LogP contribution in [0, 0.1) is 23.0 Å². The Morgan fingerprint density at radius 2 is 1.96 bits per heavy atom. The molecule has 2 N–H and O–H groups in total. The van der Waals surface area contributed by atoms with Gasteiger partial charge in [-0.25, -0.2) is 0 Å². The second-order valence-corrected chi connectivity index (χ2v) is 6.86. The molecule has 2 heterocycles. The molecular formula is C17H25N7O4. The van der Waals surface area contributed by atoms with Gasteiger partial charge in [0.2, 0.25) is 0 Å². The van der Waals surface area contributed by atoms with Crippen molar-refractivity contribution in [1.82, 2.24) is 24.9 Å². The van der Waals surface area contributed by atoms with Crippen LogP contribution in [0.1, 0.15) is 49.9 Å². The van der Waals surface area contributed by atoms with Crippen molar-refractivity contribution >= 4 is 23.3 Å².